The van der Waals surface area contributed by atoms with Gasteiger partial charge in [0.25, 0.3) is 0 Å². The van der Waals surface area contributed by atoms with Crippen LogP contribution in [0.3, 0.4) is 0 Å². The number of rotatable bonds is 0. The maximum absolute atomic E-state index is 5.23. The summed E-state index contributed by atoms with van der Waals surface area (Å²) in [7, 11) is 0. The molecule has 0 spiro atoms. The molecular weight excluding hydrogens is 156 g/mol. The molecule has 0 aliphatic heterocycles. The molecule has 56 valence electrons. The average molecular weight is 164 g/mol. The lowest BCUT2D eigenvalue weighted by Crippen LogP contribution is -1.95. The van der Waals surface area contributed by atoms with E-state index in [1.807, 2.05) is 13.8 Å². The Balaban J connectivity index is 3.52. The second-order valence-electron chi connectivity index (χ2n) is 2.27. The van der Waals surface area contributed by atoms with Crippen LogP contribution >= 0.6 is 12.2 Å². The van der Waals surface area contributed by atoms with E-state index in [1.165, 1.54) is 0 Å². The molecule has 1 heterocycles. The Hall–Kier alpha value is -1.14. The van der Waals surface area contributed by atoms with E-state index in [4.69, 9.17) is 18.6 Å². The highest BCUT2D eigenvalue weighted by atomic mass is 32.1. The smallest absolute Gasteiger partial charge is 0.133 e. The second kappa shape index (κ2) is 2.85. The van der Waals surface area contributed by atoms with Crippen LogP contribution in [-0.4, -0.2) is 9.97 Å². The van der Waals surface area contributed by atoms with Gasteiger partial charge in [0.2, 0.25) is 0 Å². The molecule has 0 aromatic carbocycles. The first-order chi connectivity index (χ1) is 5.15. The van der Waals surface area contributed by atoms with Crippen LogP contribution in [0.2, 0.25) is 0 Å². The van der Waals surface area contributed by atoms with E-state index in [0.29, 0.717) is 4.64 Å². The summed E-state index contributed by atoms with van der Waals surface area (Å²) in [4.78, 5) is 7.00. The Labute approximate surface area is 70.7 Å². The molecule has 0 aliphatic rings. The van der Waals surface area contributed by atoms with Crippen molar-refractivity contribution < 1.29 is 0 Å². The fourth-order valence-electron chi connectivity index (χ4n) is 0.790. The SMILES string of the molecule is C#Cc1[nH]c(C)nc(=S)c1C. The highest BCUT2D eigenvalue weighted by molar-refractivity contribution is 7.71. The highest BCUT2D eigenvalue weighted by Gasteiger charge is 1.97. The van der Waals surface area contributed by atoms with Gasteiger partial charge in [-0.1, -0.05) is 18.1 Å². The van der Waals surface area contributed by atoms with Gasteiger partial charge in [0.15, 0.2) is 0 Å². The predicted octanol–water partition coefficient (Wildman–Crippen LogP) is 1.74. The lowest BCUT2D eigenvalue weighted by atomic mass is 10.2. The minimum atomic E-state index is 0.578. The molecule has 2 nitrogen and oxygen atoms in total. The fraction of sp³-hybridized carbons (Fsp3) is 0.250. The molecule has 0 bridgehead atoms. The van der Waals surface area contributed by atoms with Crippen LogP contribution in [0.4, 0.5) is 0 Å². The minimum absolute atomic E-state index is 0.578. The summed E-state index contributed by atoms with van der Waals surface area (Å²) >= 11 is 4.97. The Morgan fingerprint density at radius 3 is 2.73 bits per heavy atom. The summed E-state index contributed by atoms with van der Waals surface area (Å²) in [5.41, 5.74) is 1.59. The van der Waals surface area contributed by atoms with Gasteiger partial charge in [-0.15, -0.1) is 6.42 Å². The third-order valence-corrected chi connectivity index (χ3v) is 1.81. The maximum Gasteiger partial charge on any atom is 0.133 e. The van der Waals surface area contributed by atoms with Crippen LogP contribution in [0.1, 0.15) is 17.1 Å². The molecular formula is C8H8N2S. The summed E-state index contributed by atoms with van der Waals surface area (Å²) in [6.45, 7) is 3.69. The van der Waals surface area contributed by atoms with Crippen molar-refractivity contribution in [2.75, 3.05) is 0 Å². The molecule has 3 heteroatoms. The van der Waals surface area contributed by atoms with Crippen molar-refractivity contribution >= 4 is 12.2 Å². The van der Waals surface area contributed by atoms with Gasteiger partial charge in [-0.3, -0.25) is 0 Å². The monoisotopic (exact) mass is 164 g/mol. The molecule has 0 saturated carbocycles. The number of hydrogen-bond acceptors (Lipinski definition) is 2. The van der Waals surface area contributed by atoms with Gasteiger partial charge in [-0.25, -0.2) is 4.98 Å². The van der Waals surface area contributed by atoms with E-state index in [-0.39, 0.29) is 0 Å². The van der Waals surface area contributed by atoms with Crippen molar-refractivity contribution in [3.8, 4) is 12.3 Å². The van der Waals surface area contributed by atoms with E-state index >= 15 is 0 Å². The topological polar surface area (TPSA) is 28.7 Å². The molecule has 0 radical (unpaired) electrons. The summed E-state index contributed by atoms with van der Waals surface area (Å²) in [5.74, 6) is 3.27. The van der Waals surface area contributed by atoms with E-state index in [0.717, 1.165) is 17.1 Å². The third kappa shape index (κ3) is 1.47. The molecule has 0 saturated heterocycles. The van der Waals surface area contributed by atoms with Crippen molar-refractivity contribution in [3.63, 3.8) is 0 Å². The summed E-state index contributed by atoms with van der Waals surface area (Å²) in [6.07, 6.45) is 5.23. The van der Waals surface area contributed by atoms with Gasteiger partial charge < -0.3 is 4.98 Å². The second-order valence-corrected chi connectivity index (χ2v) is 2.66. The largest absolute Gasteiger partial charge is 0.337 e. The first kappa shape index (κ1) is 7.96. The quantitative estimate of drug-likeness (QED) is 0.467. The van der Waals surface area contributed by atoms with E-state index in [1.54, 1.807) is 0 Å². The van der Waals surface area contributed by atoms with Gasteiger partial charge in [0, 0.05) is 5.56 Å². The van der Waals surface area contributed by atoms with Crippen LogP contribution in [0.15, 0.2) is 0 Å². The zero-order chi connectivity index (χ0) is 8.43. The van der Waals surface area contributed by atoms with E-state index < -0.39 is 0 Å². The van der Waals surface area contributed by atoms with Crippen molar-refractivity contribution in [2.24, 2.45) is 0 Å². The molecule has 0 atom stereocenters. The summed E-state index contributed by atoms with van der Waals surface area (Å²) < 4.78 is 0.578. The zero-order valence-corrected chi connectivity index (χ0v) is 7.25. The number of aromatic nitrogens is 2. The summed E-state index contributed by atoms with van der Waals surface area (Å²) in [6, 6.07) is 0. The van der Waals surface area contributed by atoms with E-state index in [9.17, 15) is 0 Å². The van der Waals surface area contributed by atoms with Crippen LogP contribution in [0.25, 0.3) is 0 Å². The van der Waals surface area contributed by atoms with Crippen LogP contribution in [0.5, 0.6) is 0 Å². The Kier molecular flexibility index (Phi) is 2.06. The normalized spacial score (nSPS) is 9.18. The van der Waals surface area contributed by atoms with Crippen molar-refractivity contribution in [2.45, 2.75) is 13.8 Å². The molecule has 1 N–H and O–H groups in total. The molecule has 0 fully saturated rings. The first-order valence-electron chi connectivity index (χ1n) is 3.19. The minimum Gasteiger partial charge on any atom is -0.337 e. The number of aryl methyl sites for hydroxylation is 1. The number of terminal acetylenes is 1. The van der Waals surface area contributed by atoms with Gasteiger partial charge >= 0.3 is 0 Å². The molecule has 1 rings (SSSR count). The number of H-pyrrole nitrogens is 1. The van der Waals surface area contributed by atoms with Crippen LogP contribution in [-0.2, 0) is 0 Å². The lowest BCUT2D eigenvalue weighted by molar-refractivity contribution is 1.00. The van der Waals surface area contributed by atoms with Crippen LogP contribution in [0, 0.1) is 30.8 Å². The summed E-state index contributed by atoms with van der Waals surface area (Å²) in [5, 5.41) is 0. The molecule has 11 heavy (non-hydrogen) atoms. The Morgan fingerprint density at radius 2 is 2.18 bits per heavy atom. The Bertz CT molecular complexity index is 371. The van der Waals surface area contributed by atoms with E-state index in [2.05, 4.69) is 15.9 Å². The predicted molar refractivity (Wildman–Crippen MR) is 46.8 cm³/mol. The molecule has 0 amide bonds. The molecule has 1 aromatic rings. The fourth-order valence-corrected chi connectivity index (χ4v) is 1.03. The average Bonchev–Trinajstić information content (AvgIpc) is 1.96. The van der Waals surface area contributed by atoms with Gasteiger partial charge in [0.1, 0.15) is 10.5 Å². The first-order valence-corrected chi connectivity index (χ1v) is 3.60. The van der Waals surface area contributed by atoms with Crippen LogP contribution < -0.4 is 0 Å². The standard InChI is InChI=1S/C8H8N2S/c1-4-7-5(2)8(11)10-6(3)9-7/h1H,2-3H3,(H,9,10,11). The number of nitrogens with zero attached hydrogens (tertiary/aromatic N) is 1. The van der Waals surface area contributed by atoms with Crippen molar-refractivity contribution in [1.82, 2.24) is 9.97 Å². The lowest BCUT2D eigenvalue weighted by Gasteiger charge is -1.99. The van der Waals surface area contributed by atoms with Gasteiger partial charge in [-0.05, 0) is 13.8 Å². The van der Waals surface area contributed by atoms with Gasteiger partial charge in [0.05, 0.1) is 5.69 Å². The number of aromatic amines is 1. The highest BCUT2D eigenvalue weighted by Crippen LogP contribution is 2.03. The zero-order valence-electron chi connectivity index (χ0n) is 6.43. The van der Waals surface area contributed by atoms with Crippen molar-refractivity contribution in [3.05, 3.63) is 21.7 Å². The molecule has 1 aromatic heterocycles. The Morgan fingerprint density at radius 1 is 1.55 bits per heavy atom. The molecule has 0 aliphatic carbocycles. The van der Waals surface area contributed by atoms with Crippen molar-refractivity contribution in [1.29, 1.82) is 0 Å². The van der Waals surface area contributed by atoms with Gasteiger partial charge in [-0.2, -0.15) is 0 Å². The maximum atomic E-state index is 5.23. The molecule has 0 unspecified atom stereocenters. The number of nitrogens with one attached hydrogen (secondary N) is 1. The number of hydrogen-bond donors (Lipinski definition) is 1. The third-order valence-electron chi connectivity index (χ3n) is 1.42.